The third-order valence-corrected chi connectivity index (χ3v) is 21.0. The van der Waals surface area contributed by atoms with Crippen molar-refractivity contribution in [1.29, 1.82) is 0 Å². The first kappa shape index (κ1) is 99.5. The monoisotopic (exact) mass is 1490 g/mol. The van der Waals surface area contributed by atoms with Crippen molar-refractivity contribution in [3.05, 3.63) is 24.3 Å². The summed E-state index contributed by atoms with van der Waals surface area (Å²) in [5.74, 6) is 0.194. The van der Waals surface area contributed by atoms with Gasteiger partial charge in [-0.2, -0.15) is 0 Å². The molecule has 0 saturated carbocycles. The van der Waals surface area contributed by atoms with Gasteiger partial charge in [-0.25, -0.2) is 9.13 Å². The number of phosphoric ester groups is 2. The largest absolute Gasteiger partial charge is 0.472 e. The van der Waals surface area contributed by atoms with Gasteiger partial charge < -0.3 is 33.8 Å². The number of unbranched alkanes of at least 4 members (excludes halogenated alkanes) is 43. The van der Waals surface area contributed by atoms with Gasteiger partial charge in [-0.15, -0.1) is 0 Å². The predicted octanol–water partition coefficient (Wildman–Crippen LogP) is 24.5. The van der Waals surface area contributed by atoms with E-state index < -0.39 is 97.5 Å². The molecule has 602 valence electrons. The van der Waals surface area contributed by atoms with Crippen LogP contribution in [0, 0.1) is 17.8 Å². The molecule has 19 heteroatoms. The van der Waals surface area contributed by atoms with E-state index in [1.54, 1.807) is 0 Å². The Morgan fingerprint density at radius 3 is 0.873 bits per heavy atom. The minimum absolute atomic E-state index is 0.0850. The zero-order valence-electron chi connectivity index (χ0n) is 66.6. The summed E-state index contributed by atoms with van der Waals surface area (Å²) in [6, 6.07) is 0. The van der Waals surface area contributed by atoms with Gasteiger partial charge in [0.15, 0.2) is 12.2 Å². The zero-order valence-corrected chi connectivity index (χ0v) is 68.4. The Balaban J connectivity index is 5.21. The smallest absolute Gasteiger partial charge is 0.462 e. The molecule has 0 bridgehead atoms. The fourth-order valence-corrected chi connectivity index (χ4v) is 13.8. The third kappa shape index (κ3) is 74.4. The van der Waals surface area contributed by atoms with Crippen LogP contribution < -0.4 is 0 Å². The molecule has 0 aliphatic carbocycles. The van der Waals surface area contributed by atoms with Gasteiger partial charge in [-0.1, -0.05) is 355 Å². The van der Waals surface area contributed by atoms with E-state index in [9.17, 15) is 43.2 Å². The predicted molar refractivity (Wildman–Crippen MR) is 418 cm³/mol. The number of hydrogen-bond acceptors (Lipinski definition) is 15. The molecule has 3 unspecified atom stereocenters. The van der Waals surface area contributed by atoms with Crippen LogP contribution in [-0.2, 0) is 65.4 Å². The highest BCUT2D eigenvalue weighted by Crippen LogP contribution is 2.45. The van der Waals surface area contributed by atoms with Gasteiger partial charge in [0.1, 0.15) is 19.3 Å². The van der Waals surface area contributed by atoms with E-state index in [-0.39, 0.29) is 25.7 Å². The van der Waals surface area contributed by atoms with Crippen LogP contribution in [0.3, 0.4) is 0 Å². The van der Waals surface area contributed by atoms with Crippen LogP contribution in [0.5, 0.6) is 0 Å². The normalized spacial score (nSPS) is 14.4. The van der Waals surface area contributed by atoms with Crippen LogP contribution in [-0.4, -0.2) is 96.7 Å². The van der Waals surface area contributed by atoms with Crippen LogP contribution >= 0.6 is 15.6 Å². The number of allylic oxidation sites excluding steroid dienone is 4. The molecule has 17 nitrogen and oxygen atoms in total. The molecule has 0 aromatic heterocycles. The van der Waals surface area contributed by atoms with E-state index in [0.29, 0.717) is 31.6 Å². The van der Waals surface area contributed by atoms with Crippen molar-refractivity contribution < 1.29 is 80.2 Å². The summed E-state index contributed by atoms with van der Waals surface area (Å²) in [6.07, 6.45) is 64.8. The topological polar surface area (TPSA) is 237 Å². The van der Waals surface area contributed by atoms with Crippen molar-refractivity contribution in [2.24, 2.45) is 17.8 Å². The SMILES string of the molecule is CCCCCC/C=C\C=C/CCCCCCCC(=O)O[C@H](COC(=O)CCCCCCCCCCCCCCCC(C)C)COP(=O)(O)OC[C@@H](O)COP(=O)(O)OC[C@@H](COC(=O)CCCCCCCCC(C)C)OC(=O)CCCCCCCCCCCCCCCCCCCCC(C)CC. The standard InChI is InChI=1S/C83H158O17P2/c1-8-10-11-12-13-14-15-16-21-27-33-38-43-52-59-66-82(87)99-78(70-93-80(85)64-57-50-42-37-32-29-24-25-30-35-40-47-54-61-74(3)4)72-97-101(89,90)95-68-77(84)69-96-102(91,92)98-73-79(71-94-81(86)65-58-51-46-45-48-55-62-75(5)6)100-83(88)67-60-53-44-39-34-28-23-20-18-17-19-22-26-31-36-41-49-56-63-76(7)9-2/h14-16,21,74-79,84H,8-13,17-20,22-73H2,1-7H3,(H,89,90)(H,91,92)/b15-14-,21-16-/t76?,77-,78-,79-/m1/s1. The number of esters is 4. The lowest BCUT2D eigenvalue weighted by Crippen LogP contribution is -2.30. The zero-order chi connectivity index (χ0) is 75.1. The van der Waals surface area contributed by atoms with E-state index >= 15 is 0 Å². The summed E-state index contributed by atoms with van der Waals surface area (Å²) < 4.78 is 68.7. The minimum Gasteiger partial charge on any atom is -0.462 e. The molecule has 0 aliphatic heterocycles. The fourth-order valence-electron chi connectivity index (χ4n) is 12.3. The number of hydrogen-bond donors (Lipinski definition) is 3. The second-order valence-corrected chi connectivity index (χ2v) is 33.3. The van der Waals surface area contributed by atoms with Crippen LogP contribution in [0.2, 0.25) is 0 Å². The molecular weight excluding hydrogens is 1330 g/mol. The van der Waals surface area contributed by atoms with Crippen molar-refractivity contribution in [2.45, 2.75) is 426 Å². The van der Waals surface area contributed by atoms with E-state index in [2.05, 4.69) is 72.8 Å². The second-order valence-electron chi connectivity index (χ2n) is 30.4. The molecule has 0 aliphatic rings. The maximum Gasteiger partial charge on any atom is 0.472 e. The molecule has 0 radical (unpaired) electrons. The first-order valence-electron chi connectivity index (χ1n) is 42.2. The number of phosphoric acid groups is 2. The Hall–Kier alpha value is -2.46. The first-order chi connectivity index (χ1) is 49.3. The Kier molecular flexibility index (Phi) is 71.0. The minimum atomic E-state index is -4.97. The quantitative estimate of drug-likeness (QED) is 0.0169. The Labute approximate surface area is 624 Å². The molecule has 6 atom stereocenters. The Bertz CT molecular complexity index is 2070. The van der Waals surface area contributed by atoms with E-state index in [0.717, 1.165) is 121 Å². The Morgan fingerprint density at radius 1 is 0.324 bits per heavy atom. The molecule has 3 N–H and O–H groups in total. The van der Waals surface area contributed by atoms with Crippen LogP contribution in [0.25, 0.3) is 0 Å². The summed E-state index contributed by atoms with van der Waals surface area (Å²) in [5, 5.41) is 10.6. The number of aliphatic hydroxyl groups is 1. The highest BCUT2D eigenvalue weighted by atomic mass is 31.2. The summed E-state index contributed by atoms with van der Waals surface area (Å²) >= 11 is 0. The van der Waals surface area contributed by atoms with E-state index in [1.807, 2.05) is 0 Å². The summed E-state index contributed by atoms with van der Waals surface area (Å²) in [4.78, 5) is 73.0. The van der Waals surface area contributed by atoms with Crippen molar-refractivity contribution >= 4 is 39.5 Å². The van der Waals surface area contributed by atoms with Gasteiger partial charge in [0.05, 0.1) is 26.4 Å². The molecule has 0 rings (SSSR count). The molecule has 0 aromatic carbocycles. The number of rotatable bonds is 79. The lowest BCUT2D eigenvalue weighted by molar-refractivity contribution is -0.161. The lowest BCUT2D eigenvalue weighted by Gasteiger charge is -2.21. The van der Waals surface area contributed by atoms with Crippen LogP contribution in [0.1, 0.15) is 408 Å². The van der Waals surface area contributed by atoms with Gasteiger partial charge >= 0.3 is 39.5 Å². The average Bonchev–Trinajstić information content (AvgIpc) is 0.910. The molecule has 0 amide bonds. The van der Waals surface area contributed by atoms with Gasteiger partial charge in [0.2, 0.25) is 0 Å². The van der Waals surface area contributed by atoms with E-state index in [4.69, 9.17) is 37.0 Å². The number of aliphatic hydroxyl groups excluding tert-OH is 1. The van der Waals surface area contributed by atoms with Gasteiger partial charge in [-0.3, -0.25) is 37.3 Å². The third-order valence-electron chi connectivity index (χ3n) is 19.1. The van der Waals surface area contributed by atoms with Crippen LogP contribution in [0.4, 0.5) is 0 Å². The van der Waals surface area contributed by atoms with E-state index in [1.165, 1.54) is 199 Å². The molecule has 0 aromatic rings. The van der Waals surface area contributed by atoms with Crippen molar-refractivity contribution in [2.75, 3.05) is 39.6 Å². The number of carbonyl (C=O) groups excluding carboxylic acids is 4. The maximum absolute atomic E-state index is 13.1. The molecule has 102 heavy (non-hydrogen) atoms. The number of ether oxygens (including phenoxy) is 4. The van der Waals surface area contributed by atoms with Crippen molar-refractivity contribution in [1.82, 2.24) is 0 Å². The molecule has 0 heterocycles. The summed E-state index contributed by atoms with van der Waals surface area (Å²) in [5.41, 5.74) is 0. The Morgan fingerprint density at radius 2 is 0.578 bits per heavy atom. The lowest BCUT2D eigenvalue weighted by atomic mass is 9.99. The molecule has 0 fully saturated rings. The summed E-state index contributed by atoms with van der Waals surface area (Å²) in [6.45, 7) is 11.9. The van der Waals surface area contributed by atoms with Crippen molar-refractivity contribution in [3.63, 3.8) is 0 Å². The maximum atomic E-state index is 13.1. The highest BCUT2D eigenvalue weighted by molar-refractivity contribution is 7.47. The molecule has 0 saturated heterocycles. The van der Waals surface area contributed by atoms with Gasteiger partial charge in [0, 0.05) is 25.7 Å². The van der Waals surface area contributed by atoms with Crippen molar-refractivity contribution in [3.8, 4) is 0 Å². The second kappa shape index (κ2) is 72.7. The first-order valence-corrected chi connectivity index (χ1v) is 45.2. The highest BCUT2D eigenvalue weighted by Gasteiger charge is 2.30. The van der Waals surface area contributed by atoms with Gasteiger partial charge in [-0.05, 0) is 69.1 Å². The fraction of sp³-hybridized carbons (Fsp3) is 0.904. The number of carbonyl (C=O) groups is 4. The summed E-state index contributed by atoms with van der Waals surface area (Å²) in [7, 11) is -9.93. The molecule has 0 spiro atoms. The van der Waals surface area contributed by atoms with Gasteiger partial charge in [0.25, 0.3) is 0 Å². The average molecular weight is 1490 g/mol. The molecular formula is C83H158O17P2. The van der Waals surface area contributed by atoms with Crippen LogP contribution in [0.15, 0.2) is 24.3 Å².